The average molecular weight is 446 g/mol. The number of aromatic nitrogens is 3. The number of aryl methyl sites for hydroxylation is 1. The fraction of sp³-hybridized carbons (Fsp3) is 0.111. The Hall–Kier alpha value is -2.65. The molecule has 0 spiro atoms. The van der Waals surface area contributed by atoms with Gasteiger partial charge in [0.15, 0.2) is 5.16 Å². The number of phenolic OH excluding ortho intramolecular Hbond substituents is 1. The van der Waals surface area contributed by atoms with Crippen molar-refractivity contribution in [2.75, 3.05) is 0 Å². The maximum Gasteiger partial charge on any atom is 0.271 e. The van der Waals surface area contributed by atoms with Crippen LogP contribution in [0.1, 0.15) is 21.5 Å². The molecule has 3 rings (SSSR count). The van der Waals surface area contributed by atoms with Crippen LogP contribution in [0.15, 0.2) is 63.5 Å². The molecule has 0 fully saturated rings. The first-order chi connectivity index (χ1) is 13.0. The molecule has 0 atom stereocenters. The van der Waals surface area contributed by atoms with Gasteiger partial charge in [0.05, 0.1) is 6.21 Å². The molecule has 0 radical (unpaired) electrons. The molecule has 9 heteroatoms. The Balaban J connectivity index is 1.56. The third-order valence-corrected chi connectivity index (χ3v) is 5.21. The van der Waals surface area contributed by atoms with E-state index in [9.17, 15) is 9.90 Å². The van der Waals surface area contributed by atoms with Crippen molar-refractivity contribution in [3.8, 4) is 5.75 Å². The Bertz CT molecular complexity index is 972. The smallest absolute Gasteiger partial charge is 0.271 e. The second-order valence-electron chi connectivity index (χ2n) is 5.61. The fourth-order valence-electron chi connectivity index (χ4n) is 2.16. The van der Waals surface area contributed by atoms with Gasteiger partial charge in [-0.2, -0.15) is 5.10 Å². The maximum absolute atomic E-state index is 12.2. The number of rotatable bonds is 6. The number of halogens is 1. The van der Waals surface area contributed by atoms with Crippen molar-refractivity contribution in [2.45, 2.75) is 10.9 Å². The van der Waals surface area contributed by atoms with Crippen molar-refractivity contribution < 1.29 is 9.90 Å². The monoisotopic (exact) mass is 445 g/mol. The third kappa shape index (κ3) is 5.18. The van der Waals surface area contributed by atoms with Crippen LogP contribution in [0.2, 0.25) is 0 Å². The molecule has 27 heavy (non-hydrogen) atoms. The van der Waals surface area contributed by atoms with E-state index in [0.29, 0.717) is 11.1 Å². The van der Waals surface area contributed by atoms with Crippen molar-refractivity contribution in [3.05, 3.63) is 70.0 Å². The van der Waals surface area contributed by atoms with E-state index in [2.05, 4.69) is 36.7 Å². The summed E-state index contributed by atoms with van der Waals surface area (Å²) >= 11 is 4.89. The summed E-state index contributed by atoms with van der Waals surface area (Å²) in [5.41, 5.74) is 4.52. The number of phenols is 1. The van der Waals surface area contributed by atoms with Crippen LogP contribution in [-0.2, 0) is 12.8 Å². The Morgan fingerprint density at radius 3 is 2.81 bits per heavy atom. The molecule has 0 saturated heterocycles. The van der Waals surface area contributed by atoms with Crippen molar-refractivity contribution in [1.29, 1.82) is 0 Å². The summed E-state index contributed by atoms with van der Waals surface area (Å²) in [6, 6.07) is 12.2. The summed E-state index contributed by atoms with van der Waals surface area (Å²) < 4.78 is 2.66. The van der Waals surface area contributed by atoms with Crippen LogP contribution in [-0.4, -0.2) is 32.0 Å². The van der Waals surface area contributed by atoms with Crippen LogP contribution in [0.25, 0.3) is 0 Å². The number of nitrogens with zero attached hydrogens (tertiary/aromatic N) is 4. The number of hydrazone groups is 1. The normalized spacial score (nSPS) is 11.0. The number of benzene rings is 2. The number of carbonyl (C=O) groups excluding carboxylic acids is 1. The van der Waals surface area contributed by atoms with E-state index >= 15 is 0 Å². The fourth-order valence-corrected chi connectivity index (χ4v) is 3.38. The van der Waals surface area contributed by atoms with Gasteiger partial charge in [0, 0.05) is 28.4 Å². The molecule has 0 aliphatic carbocycles. The van der Waals surface area contributed by atoms with E-state index in [-0.39, 0.29) is 11.7 Å². The first-order valence-electron chi connectivity index (χ1n) is 7.90. The molecule has 2 aromatic carbocycles. The Morgan fingerprint density at radius 1 is 1.33 bits per heavy atom. The number of thioether (sulfide) groups is 1. The van der Waals surface area contributed by atoms with Crippen molar-refractivity contribution in [1.82, 2.24) is 20.2 Å². The standard InChI is InChI=1S/C18H16BrN5O2S/c1-24-11-21-23-18(24)27-10-12-2-4-13(5-3-12)17(26)22-20-9-14-8-15(19)6-7-16(14)25/h2-9,11,25H,10H2,1H3,(H,22,26)/b20-9+. The summed E-state index contributed by atoms with van der Waals surface area (Å²) in [5.74, 6) is 0.489. The first kappa shape index (κ1) is 19.1. The molecule has 0 aliphatic heterocycles. The number of amides is 1. The summed E-state index contributed by atoms with van der Waals surface area (Å²) in [7, 11) is 1.89. The minimum absolute atomic E-state index is 0.0842. The highest BCUT2D eigenvalue weighted by Gasteiger charge is 2.06. The van der Waals surface area contributed by atoms with E-state index in [4.69, 9.17) is 0 Å². The number of hydrogen-bond acceptors (Lipinski definition) is 6. The lowest BCUT2D eigenvalue weighted by atomic mass is 10.1. The second-order valence-corrected chi connectivity index (χ2v) is 7.47. The van der Waals surface area contributed by atoms with Crippen LogP contribution in [0.5, 0.6) is 5.75 Å². The van der Waals surface area contributed by atoms with Crippen LogP contribution >= 0.6 is 27.7 Å². The molecule has 1 aromatic heterocycles. The van der Waals surface area contributed by atoms with Crippen molar-refractivity contribution >= 4 is 39.8 Å². The summed E-state index contributed by atoms with van der Waals surface area (Å²) in [4.78, 5) is 12.2. The SMILES string of the molecule is Cn1cnnc1SCc1ccc(C(=O)N/N=C/c2cc(Br)ccc2O)cc1. The van der Waals surface area contributed by atoms with E-state index in [1.54, 1.807) is 48.4 Å². The van der Waals surface area contributed by atoms with Gasteiger partial charge in [-0.25, -0.2) is 5.43 Å². The molecule has 138 valence electrons. The number of nitrogens with one attached hydrogen (secondary N) is 1. The zero-order chi connectivity index (χ0) is 19.2. The van der Waals surface area contributed by atoms with Gasteiger partial charge < -0.3 is 9.67 Å². The summed E-state index contributed by atoms with van der Waals surface area (Å²) in [6.45, 7) is 0. The molecule has 1 heterocycles. The van der Waals surface area contributed by atoms with Crippen molar-refractivity contribution in [2.24, 2.45) is 12.1 Å². The molecule has 7 nitrogen and oxygen atoms in total. The predicted octanol–water partition coefficient (Wildman–Crippen LogP) is 3.34. The zero-order valence-electron chi connectivity index (χ0n) is 14.3. The van der Waals surface area contributed by atoms with E-state index in [1.165, 1.54) is 6.21 Å². The van der Waals surface area contributed by atoms with Gasteiger partial charge in [-0.15, -0.1) is 10.2 Å². The number of hydrogen-bond donors (Lipinski definition) is 2. The van der Waals surface area contributed by atoms with Gasteiger partial charge in [0.1, 0.15) is 12.1 Å². The minimum Gasteiger partial charge on any atom is -0.507 e. The van der Waals surface area contributed by atoms with Gasteiger partial charge in [-0.1, -0.05) is 39.8 Å². The summed E-state index contributed by atoms with van der Waals surface area (Å²) in [6.07, 6.45) is 3.05. The molecular weight excluding hydrogens is 430 g/mol. The van der Waals surface area contributed by atoms with Crippen molar-refractivity contribution in [3.63, 3.8) is 0 Å². The molecule has 2 N–H and O–H groups in total. The lowest BCUT2D eigenvalue weighted by Crippen LogP contribution is -2.17. The Kier molecular flexibility index (Phi) is 6.25. The maximum atomic E-state index is 12.2. The molecule has 0 unspecified atom stereocenters. The van der Waals surface area contributed by atoms with E-state index in [1.807, 2.05) is 23.7 Å². The van der Waals surface area contributed by atoms with Gasteiger partial charge in [-0.3, -0.25) is 4.79 Å². The zero-order valence-corrected chi connectivity index (χ0v) is 16.7. The minimum atomic E-state index is -0.326. The van der Waals surface area contributed by atoms with Gasteiger partial charge >= 0.3 is 0 Å². The highest BCUT2D eigenvalue weighted by molar-refractivity contribution is 9.10. The average Bonchev–Trinajstić information content (AvgIpc) is 3.08. The number of aromatic hydroxyl groups is 1. The quantitative estimate of drug-likeness (QED) is 0.344. The Morgan fingerprint density at radius 2 is 2.11 bits per heavy atom. The third-order valence-electron chi connectivity index (χ3n) is 3.61. The molecule has 0 bridgehead atoms. The molecule has 0 aliphatic rings. The van der Waals surface area contributed by atoms with Crippen LogP contribution in [0.3, 0.4) is 0 Å². The molecule has 3 aromatic rings. The lowest BCUT2D eigenvalue weighted by Gasteiger charge is -2.04. The Labute approximate surface area is 168 Å². The highest BCUT2D eigenvalue weighted by Crippen LogP contribution is 2.21. The van der Waals surface area contributed by atoms with Gasteiger partial charge in [0.2, 0.25) is 0 Å². The molecular formula is C18H16BrN5O2S. The number of carbonyl (C=O) groups is 1. The second kappa shape index (κ2) is 8.83. The lowest BCUT2D eigenvalue weighted by molar-refractivity contribution is 0.0955. The first-order valence-corrected chi connectivity index (χ1v) is 9.68. The van der Waals surface area contributed by atoms with Crippen LogP contribution in [0, 0.1) is 0 Å². The molecule has 1 amide bonds. The van der Waals surface area contributed by atoms with E-state index < -0.39 is 0 Å². The van der Waals surface area contributed by atoms with Gasteiger partial charge in [-0.05, 0) is 35.9 Å². The van der Waals surface area contributed by atoms with Crippen LogP contribution < -0.4 is 5.43 Å². The molecule has 0 saturated carbocycles. The topological polar surface area (TPSA) is 92.4 Å². The largest absolute Gasteiger partial charge is 0.507 e. The highest BCUT2D eigenvalue weighted by atomic mass is 79.9. The van der Waals surface area contributed by atoms with Gasteiger partial charge in [0.25, 0.3) is 5.91 Å². The predicted molar refractivity (Wildman–Crippen MR) is 108 cm³/mol. The van der Waals surface area contributed by atoms with E-state index in [0.717, 1.165) is 20.9 Å². The summed E-state index contributed by atoms with van der Waals surface area (Å²) in [5, 5.41) is 22.3. The van der Waals surface area contributed by atoms with Crippen LogP contribution in [0.4, 0.5) is 0 Å².